The van der Waals surface area contributed by atoms with Crippen LogP contribution in [0.25, 0.3) is 0 Å². The molecule has 23 heavy (non-hydrogen) atoms. The van der Waals surface area contributed by atoms with E-state index in [2.05, 4.69) is 10.3 Å². The van der Waals surface area contributed by atoms with E-state index < -0.39 is 24.5 Å². The molecule has 0 aromatic carbocycles. The first-order chi connectivity index (χ1) is 11.0. The van der Waals surface area contributed by atoms with Gasteiger partial charge in [0.1, 0.15) is 0 Å². The first-order valence-corrected chi connectivity index (χ1v) is 8.79. The fraction of sp³-hybridized carbons (Fsp3) is 0.600. The molecule has 1 fully saturated rings. The molecule has 1 aromatic rings. The highest BCUT2D eigenvalue weighted by atomic mass is 35.5. The minimum absolute atomic E-state index is 0.302. The van der Waals surface area contributed by atoms with Gasteiger partial charge in [-0.3, -0.25) is 0 Å². The minimum atomic E-state index is -2.49. The average molecular weight is 363 g/mol. The number of nitrogens with zero attached hydrogens (tertiary/aromatic N) is 1. The van der Waals surface area contributed by atoms with Crippen LogP contribution in [0.4, 0.5) is 8.78 Å². The average Bonchev–Trinajstić information content (AvgIpc) is 3.01. The van der Waals surface area contributed by atoms with Crippen molar-refractivity contribution in [2.45, 2.75) is 50.6 Å². The van der Waals surface area contributed by atoms with Gasteiger partial charge in [-0.25, -0.2) is 18.6 Å². The fourth-order valence-electron chi connectivity index (χ4n) is 3.29. The van der Waals surface area contributed by atoms with Gasteiger partial charge in [0.15, 0.2) is 10.1 Å². The Bertz CT molecular complexity index is 627. The second-order valence-corrected chi connectivity index (χ2v) is 7.52. The zero-order chi connectivity index (χ0) is 16.4. The van der Waals surface area contributed by atoms with Crippen LogP contribution in [0.5, 0.6) is 0 Å². The Morgan fingerprint density at radius 2 is 2.13 bits per heavy atom. The van der Waals surface area contributed by atoms with Crippen LogP contribution in [0.3, 0.4) is 0 Å². The van der Waals surface area contributed by atoms with Gasteiger partial charge in [-0.05, 0) is 25.7 Å². The summed E-state index contributed by atoms with van der Waals surface area (Å²) in [4.78, 5) is 17.1. The largest absolute Gasteiger partial charge is 0.449 e. The first kappa shape index (κ1) is 16.6. The van der Waals surface area contributed by atoms with Crippen LogP contribution in [0.15, 0.2) is 17.5 Å². The van der Waals surface area contributed by atoms with Crippen molar-refractivity contribution in [2.24, 2.45) is 0 Å². The Hall–Kier alpha value is -1.21. The first-order valence-electron chi connectivity index (χ1n) is 7.59. The minimum Gasteiger partial charge on any atom is -0.449 e. The summed E-state index contributed by atoms with van der Waals surface area (Å²) in [6, 6.07) is 0. The lowest BCUT2D eigenvalue weighted by atomic mass is 9.81. The smallest absolute Gasteiger partial charge is 0.337 e. The number of aromatic nitrogens is 1. The van der Waals surface area contributed by atoms with Crippen LogP contribution in [-0.4, -0.2) is 29.5 Å². The van der Waals surface area contributed by atoms with Crippen molar-refractivity contribution in [2.75, 3.05) is 6.54 Å². The van der Waals surface area contributed by atoms with Gasteiger partial charge in [0, 0.05) is 17.5 Å². The second kappa shape index (κ2) is 6.73. The van der Waals surface area contributed by atoms with Gasteiger partial charge < -0.3 is 10.1 Å². The van der Waals surface area contributed by atoms with Gasteiger partial charge >= 0.3 is 5.97 Å². The molecule has 2 heterocycles. The zero-order valence-electron chi connectivity index (χ0n) is 12.4. The van der Waals surface area contributed by atoms with E-state index in [4.69, 9.17) is 16.3 Å². The monoisotopic (exact) mass is 362 g/mol. The van der Waals surface area contributed by atoms with E-state index in [0.29, 0.717) is 35.0 Å². The molecule has 2 aliphatic rings. The van der Waals surface area contributed by atoms with Crippen molar-refractivity contribution >= 4 is 28.9 Å². The highest BCUT2D eigenvalue weighted by Crippen LogP contribution is 2.43. The summed E-state index contributed by atoms with van der Waals surface area (Å²) in [5.41, 5.74) is 0.202. The molecule has 126 valence electrons. The van der Waals surface area contributed by atoms with Crippen LogP contribution in [-0.2, 0) is 16.0 Å². The molecule has 8 heteroatoms. The van der Waals surface area contributed by atoms with E-state index in [0.717, 1.165) is 24.1 Å². The molecule has 4 nitrogen and oxygen atoms in total. The second-order valence-electron chi connectivity index (χ2n) is 5.83. The number of ether oxygens (including phenoxy) is 1. The summed E-state index contributed by atoms with van der Waals surface area (Å²) in [5, 5.41) is 2.78. The number of nitrogens with one attached hydrogen (secondary N) is 1. The molecule has 0 saturated heterocycles. The fourth-order valence-corrected chi connectivity index (χ4v) is 4.28. The van der Waals surface area contributed by atoms with E-state index >= 15 is 0 Å². The molecular weight excluding hydrogens is 346 g/mol. The van der Waals surface area contributed by atoms with Gasteiger partial charge in [-0.2, -0.15) is 0 Å². The summed E-state index contributed by atoms with van der Waals surface area (Å²) >= 11 is 7.10. The number of halogens is 3. The van der Waals surface area contributed by atoms with E-state index in [9.17, 15) is 13.6 Å². The molecule has 1 saturated carbocycles. The summed E-state index contributed by atoms with van der Waals surface area (Å²) in [7, 11) is 0. The Kier molecular flexibility index (Phi) is 4.87. The number of carbonyl (C=O) groups excluding carboxylic acids is 1. The van der Waals surface area contributed by atoms with Crippen LogP contribution in [0, 0.1) is 0 Å². The number of alkyl halides is 2. The maximum Gasteiger partial charge on any atom is 0.337 e. The molecule has 0 atom stereocenters. The van der Waals surface area contributed by atoms with Crippen molar-refractivity contribution in [1.82, 2.24) is 10.3 Å². The quantitative estimate of drug-likeness (QED) is 0.811. The Morgan fingerprint density at radius 1 is 1.39 bits per heavy atom. The van der Waals surface area contributed by atoms with Gasteiger partial charge in [-0.1, -0.05) is 18.0 Å². The number of esters is 1. The van der Waals surface area contributed by atoms with Crippen LogP contribution < -0.4 is 5.32 Å². The van der Waals surface area contributed by atoms with Gasteiger partial charge in [0.25, 0.3) is 6.43 Å². The summed E-state index contributed by atoms with van der Waals surface area (Å²) in [5.74, 6) is -0.423. The molecule has 1 aliphatic heterocycles. The molecule has 1 spiro atoms. The van der Waals surface area contributed by atoms with Gasteiger partial charge in [-0.15, -0.1) is 11.3 Å². The Morgan fingerprint density at radius 3 is 2.74 bits per heavy atom. The predicted octanol–water partition coefficient (Wildman–Crippen LogP) is 3.71. The Balaban J connectivity index is 1.91. The van der Waals surface area contributed by atoms with Gasteiger partial charge in [0.2, 0.25) is 0 Å². The van der Waals surface area contributed by atoms with Gasteiger partial charge in [0.05, 0.1) is 17.8 Å². The third-order valence-corrected chi connectivity index (χ3v) is 5.38. The molecule has 0 radical (unpaired) electrons. The lowest BCUT2D eigenvalue weighted by Crippen LogP contribution is -2.41. The van der Waals surface area contributed by atoms with Crippen molar-refractivity contribution in [3.05, 3.63) is 26.8 Å². The zero-order valence-corrected chi connectivity index (χ0v) is 14.0. The van der Waals surface area contributed by atoms with Crippen molar-refractivity contribution in [3.8, 4) is 0 Å². The maximum atomic E-state index is 12.7. The molecule has 3 rings (SSSR count). The normalized spacial score (nSPS) is 20.4. The summed E-state index contributed by atoms with van der Waals surface area (Å²) in [6.45, 7) is -0.485. The topological polar surface area (TPSA) is 51.2 Å². The molecular formula is C15H17ClF2N2O2S. The third-order valence-electron chi connectivity index (χ3n) is 4.26. The van der Waals surface area contributed by atoms with Crippen molar-refractivity contribution in [1.29, 1.82) is 0 Å². The maximum absolute atomic E-state index is 12.7. The molecule has 0 amide bonds. The van der Waals surface area contributed by atoms with Crippen LogP contribution in [0.2, 0.25) is 4.47 Å². The van der Waals surface area contributed by atoms with Crippen molar-refractivity contribution in [3.63, 3.8) is 0 Å². The van der Waals surface area contributed by atoms with Crippen LogP contribution >= 0.6 is 22.9 Å². The molecule has 1 aliphatic carbocycles. The standard InChI is InChI=1S/C15H17ClF2N2O2S/c16-14-20-7-9(23-14)6-10-12(19-8-11(17)18)15(22-13(10)21)4-2-1-3-5-15/h7,11,19H,1-6,8H2. The number of hydrogen-bond acceptors (Lipinski definition) is 5. The molecule has 1 N–H and O–H groups in total. The number of hydrogen-bond donors (Lipinski definition) is 1. The molecule has 1 aromatic heterocycles. The third kappa shape index (κ3) is 3.50. The number of carbonyl (C=O) groups is 1. The summed E-state index contributed by atoms with van der Waals surface area (Å²) < 4.78 is 31.4. The van der Waals surface area contributed by atoms with E-state index in [1.54, 1.807) is 6.20 Å². The van der Waals surface area contributed by atoms with Crippen LogP contribution in [0.1, 0.15) is 37.0 Å². The van der Waals surface area contributed by atoms with E-state index in [1.165, 1.54) is 11.3 Å². The van der Waals surface area contributed by atoms with E-state index in [1.807, 2.05) is 0 Å². The highest BCUT2D eigenvalue weighted by Gasteiger charge is 2.48. The number of thiazole rings is 1. The highest BCUT2D eigenvalue weighted by molar-refractivity contribution is 7.15. The Labute approximate surface area is 141 Å². The van der Waals surface area contributed by atoms with E-state index in [-0.39, 0.29) is 0 Å². The predicted molar refractivity (Wildman–Crippen MR) is 83.8 cm³/mol. The van der Waals surface area contributed by atoms with Crippen molar-refractivity contribution < 1.29 is 18.3 Å². The lowest BCUT2D eigenvalue weighted by Gasteiger charge is -2.34. The molecule has 0 unspecified atom stereocenters. The lowest BCUT2D eigenvalue weighted by molar-refractivity contribution is -0.149. The molecule has 0 bridgehead atoms. The number of rotatable bonds is 5. The summed E-state index contributed by atoms with van der Waals surface area (Å²) in [6.07, 6.45) is 3.69. The SMILES string of the molecule is O=C1OC2(CCCCC2)C(NCC(F)F)=C1Cc1cnc(Cl)s1.